The summed E-state index contributed by atoms with van der Waals surface area (Å²) < 4.78 is 43.6. The number of ether oxygens (including phenoxy) is 2. The molecule has 17 nitrogen and oxygen atoms in total. The Morgan fingerprint density at radius 2 is 1.10 bits per heavy atom. The predicted molar refractivity (Wildman–Crippen MR) is 220 cm³/mol. The molecule has 3 radical (unpaired) electrons. The number of aldehydes is 1. The van der Waals surface area contributed by atoms with Crippen LogP contribution in [-0.4, -0.2) is 106 Å². The molecule has 2 rings (SSSR count). The molecule has 0 aliphatic heterocycles. The third-order valence-corrected chi connectivity index (χ3v) is 6.90. The van der Waals surface area contributed by atoms with E-state index in [2.05, 4.69) is 27.8 Å². The fraction of sp³-hybridized carbons (Fsp3) is 0.600. The van der Waals surface area contributed by atoms with Crippen molar-refractivity contribution in [3.8, 4) is 0 Å². The maximum atomic E-state index is 14.0. The van der Waals surface area contributed by atoms with Gasteiger partial charge >= 0.3 is 53.4 Å². The number of aromatic nitrogens is 2. The molecule has 0 aliphatic carbocycles. The monoisotopic (exact) mass is 879 g/mol. The van der Waals surface area contributed by atoms with Crippen molar-refractivity contribution >= 4 is 44.2 Å². The number of esters is 2. The molecular formula is C40H63BF2N4NaO13. The first-order chi connectivity index (χ1) is 28.0. The van der Waals surface area contributed by atoms with Gasteiger partial charge in [-0.05, 0) is 96.4 Å². The topological polar surface area (TPSA) is 208 Å². The van der Waals surface area contributed by atoms with Crippen molar-refractivity contribution in [3.05, 3.63) is 68.0 Å². The molecule has 0 saturated heterocycles. The zero-order valence-electron chi connectivity index (χ0n) is 38.1. The quantitative estimate of drug-likeness (QED) is 0.0856. The summed E-state index contributed by atoms with van der Waals surface area (Å²) in [6.07, 6.45) is 4.90. The molecule has 0 bridgehead atoms. The molecule has 2 unspecified atom stereocenters. The molecular weight excluding hydrogens is 816 g/mol. The Balaban J connectivity index is -0.000000390. The number of hydrogen-bond acceptors (Lipinski definition) is 15. The summed E-state index contributed by atoms with van der Waals surface area (Å²) in [5.74, 6) is -4.34. The number of halogens is 2. The number of nitrogens with one attached hydrogen (secondary N) is 1. The van der Waals surface area contributed by atoms with Crippen LogP contribution < -0.4 is 46.0 Å². The number of carbonyl (C=O) groups excluding carboxylic acids is 6. The standard InChI is InChI=1S/C17H27FN2O3.C15H20FNO4.C4H6O4.C2H3BO2.C2H7N.Na/c1-6-23-17(22)15(9-12(2)3)20-11-13(7-8-19(4)5)10-14(18)16(20)21;1-4-21-15(20)13(7-10(2)3)17-9-11(5-6-18)8-12(16)14(17)19;1-3(5)7-8-4(2)6;1-2(4)5-3;1-3-2;/h10-12,15H,6-9H2,1-5H3;6,8-10,13H,4-5,7H2,1-3H3;1-2H3;1H3;3H,1-2H3;/q;;;-1;;+1. The van der Waals surface area contributed by atoms with Crippen molar-refractivity contribution in [2.24, 2.45) is 11.8 Å². The van der Waals surface area contributed by atoms with Gasteiger partial charge in [-0.3, -0.25) is 23.5 Å². The van der Waals surface area contributed by atoms with Gasteiger partial charge in [-0.15, -0.1) is 0 Å². The van der Waals surface area contributed by atoms with Crippen molar-refractivity contribution < 1.29 is 91.0 Å². The van der Waals surface area contributed by atoms with Crippen LogP contribution in [0.2, 0.25) is 0 Å². The van der Waals surface area contributed by atoms with Gasteiger partial charge in [-0.1, -0.05) is 27.7 Å². The maximum absolute atomic E-state index is 14.0. The van der Waals surface area contributed by atoms with E-state index in [4.69, 9.17) is 9.47 Å². The summed E-state index contributed by atoms with van der Waals surface area (Å²) in [5, 5.41) is 2.75. The fourth-order valence-corrected chi connectivity index (χ4v) is 4.54. The van der Waals surface area contributed by atoms with Crippen molar-refractivity contribution in [2.45, 2.75) is 100 Å². The van der Waals surface area contributed by atoms with Crippen LogP contribution in [0.1, 0.15) is 98.4 Å². The van der Waals surface area contributed by atoms with Gasteiger partial charge in [-0.25, -0.2) is 37.7 Å². The summed E-state index contributed by atoms with van der Waals surface area (Å²) in [7, 11) is 11.9. The molecule has 2 aromatic rings. The summed E-state index contributed by atoms with van der Waals surface area (Å²) in [5.41, 5.74) is -0.630. The van der Waals surface area contributed by atoms with E-state index < -0.39 is 64.7 Å². The Kier molecular flexibility index (Phi) is 37.9. The van der Waals surface area contributed by atoms with Crippen LogP contribution in [0.4, 0.5) is 8.78 Å². The van der Waals surface area contributed by atoms with Crippen LogP contribution in [0.15, 0.2) is 34.1 Å². The van der Waals surface area contributed by atoms with Gasteiger partial charge in [-0.2, -0.15) is 0 Å². The minimum absolute atomic E-state index is 0. The summed E-state index contributed by atoms with van der Waals surface area (Å²) in [4.78, 5) is 97.7. The van der Waals surface area contributed by atoms with Gasteiger partial charge in [0.25, 0.3) is 11.1 Å². The van der Waals surface area contributed by atoms with E-state index in [-0.39, 0.29) is 61.0 Å². The second-order valence-corrected chi connectivity index (χ2v) is 13.8. The molecule has 0 aromatic carbocycles. The average Bonchev–Trinajstić information content (AvgIpc) is 3.15. The van der Waals surface area contributed by atoms with E-state index in [1.54, 1.807) is 20.0 Å². The molecule has 0 amide bonds. The zero-order valence-corrected chi connectivity index (χ0v) is 40.1. The minimum Gasteiger partial charge on any atom is -0.793 e. The molecule has 0 spiro atoms. The third-order valence-electron chi connectivity index (χ3n) is 6.90. The zero-order chi connectivity index (χ0) is 47.1. The maximum Gasteiger partial charge on any atom is 1.00 e. The normalized spacial score (nSPS) is 10.9. The molecule has 0 aliphatic rings. The van der Waals surface area contributed by atoms with Crippen LogP contribution in [-0.2, 0) is 65.5 Å². The third kappa shape index (κ3) is 30.4. The van der Waals surface area contributed by atoms with E-state index in [0.29, 0.717) is 36.7 Å². The first-order valence-electron chi connectivity index (χ1n) is 19.0. The van der Waals surface area contributed by atoms with Crippen molar-refractivity contribution in [2.75, 3.05) is 47.9 Å². The average molecular weight is 880 g/mol. The number of pyridine rings is 2. The van der Waals surface area contributed by atoms with Gasteiger partial charge in [0.2, 0.25) is 5.97 Å². The Labute approximate surface area is 380 Å². The SMILES string of the molecule is CC(=O)OOC(C)=O.CCOC(=O)C(CC(C)C)n1cc(CC=O)cc(F)c1=O.CCOC(=O)C(CC(C)C)n1cc(CCN(C)C)cc(F)c1=O.CNC.[B-]OC(C)=O.[Na+]. The predicted octanol–water partition coefficient (Wildman–Crippen LogP) is 0.621. The van der Waals surface area contributed by atoms with E-state index in [9.17, 15) is 47.1 Å². The van der Waals surface area contributed by atoms with Crippen LogP contribution in [0.25, 0.3) is 0 Å². The minimum atomic E-state index is -0.979. The number of nitrogens with zero attached hydrogens (tertiary/aromatic N) is 3. The second-order valence-electron chi connectivity index (χ2n) is 13.8. The van der Waals surface area contributed by atoms with E-state index in [1.807, 2.05) is 60.8 Å². The van der Waals surface area contributed by atoms with Gasteiger partial charge in [0.1, 0.15) is 18.4 Å². The van der Waals surface area contributed by atoms with Crippen LogP contribution in [0, 0.1) is 23.5 Å². The molecule has 0 fully saturated rings. The molecule has 21 heteroatoms. The van der Waals surface area contributed by atoms with Crippen molar-refractivity contribution in [1.29, 1.82) is 0 Å². The van der Waals surface area contributed by atoms with E-state index in [1.165, 1.54) is 23.8 Å². The van der Waals surface area contributed by atoms with E-state index >= 15 is 0 Å². The Morgan fingerprint density at radius 3 is 1.38 bits per heavy atom. The molecule has 61 heavy (non-hydrogen) atoms. The Hall–Kier alpha value is -4.24. The summed E-state index contributed by atoms with van der Waals surface area (Å²) in [6.45, 7) is 15.7. The molecule has 1 N–H and O–H groups in total. The first-order valence-corrected chi connectivity index (χ1v) is 19.0. The molecule has 2 atom stereocenters. The number of rotatable bonds is 15. The van der Waals surface area contributed by atoms with E-state index in [0.717, 1.165) is 31.0 Å². The van der Waals surface area contributed by atoms with Gasteiger partial charge in [0, 0.05) is 46.1 Å². The first kappa shape index (κ1) is 63.4. The number of carbonyl (C=O) groups is 6. The largest absolute Gasteiger partial charge is 1.00 e. The van der Waals surface area contributed by atoms with Crippen LogP contribution in [0.3, 0.4) is 0 Å². The summed E-state index contributed by atoms with van der Waals surface area (Å²) >= 11 is 0. The molecule has 0 saturated carbocycles. The Bertz CT molecular complexity index is 1730. The Morgan fingerprint density at radius 1 is 0.754 bits per heavy atom. The number of likely N-dealkylation sites (N-methyl/N-ethyl adjacent to an activating group) is 1. The van der Waals surface area contributed by atoms with Crippen LogP contribution in [0.5, 0.6) is 0 Å². The van der Waals surface area contributed by atoms with Crippen LogP contribution >= 0.6 is 0 Å². The molecule has 339 valence electrons. The smallest absolute Gasteiger partial charge is 0.793 e. The fourth-order valence-electron chi connectivity index (χ4n) is 4.54. The summed E-state index contributed by atoms with van der Waals surface area (Å²) in [6, 6.07) is 0.583. The van der Waals surface area contributed by atoms with Gasteiger partial charge in [0.15, 0.2) is 11.6 Å². The van der Waals surface area contributed by atoms with Crippen molar-refractivity contribution in [1.82, 2.24) is 19.4 Å². The molecule has 2 aromatic heterocycles. The number of hydrogen-bond donors (Lipinski definition) is 1. The van der Waals surface area contributed by atoms with Gasteiger partial charge in [0.05, 0.1) is 13.2 Å². The van der Waals surface area contributed by atoms with Gasteiger partial charge < -0.3 is 37.2 Å². The second kappa shape index (κ2) is 36.4. The molecule has 2 heterocycles. The van der Waals surface area contributed by atoms with Crippen molar-refractivity contribution in [3.63, 3.8) is 0 Å².